The molecule has 0 bridgehead atoms. The van der Waals surface area contributed by atoms with E-state index in [-0.39, 0.29) is 5.69 Å². The van der Waals surface area contributed by atoms with Crippen LogP contribution in [0.3, 0.4) is 0 Å². The maximum atomic E-state index is 11.4. The molecular weight excluding hydrogens is 279 g/mol. The molecule has 6 nitrogen and oxygen atoms in total. The first kappa shape index (κ1) is 14.5. The first-order chi connectivity index (χ1) is 9.38. The third-order valence-corrected chi connectivity index (χ3v) is 3.83. The summed E-state index contributed by atoms with van der Waals surface area (Å²) < 4.78 is 32.0. The van der Waals surface area contributed by atoms with Crippen LogP contribution in [-0.4, -0.2) is 26.1 Å². The predicted molar refractivity (Wildman–Crippen MR) is 75.1 cm³/mol. The van der Waals surface area contributed by atoms with E-state index in [0.29, 0.717) is 10.8 Å². The van der Waals surface area contributed by atoms with Crippen molar-refractivity contribution in [1.29, 1.82) is 0 Å². The van der Waals surface area contributed by atoms with Crippen LogP contribution >= 0.6 is 0 Å². The first-order valence-electron chi connectivity index (χ1n) is 5.75. The summed E-state index contributed by atoms with van der Waals surface area (Å²) >= 11 is 0. The Balaban J connectivity index is 2.92. The van der Waals surface area contributed by atoms with Crippen molar-refractivity contribution in [3.63, 3.8) is 0 Å². The number of fused-ring (bicyclic) bond motifs is 1. The predicted octanol–water partition coefficient (Wildman–Crippen LogP) is 2.52. The largest absolute Gasteiger partial charge is 0.505 e. The number of hydrogen-bond acceptors (Lipinski definition) is 5. The average Bonchev–Trinajstić information content (AvgIpc) is 2.40. The van der Waals surface area contributed by atoms with Gasteiger partial charge in [-0.3, -0.25) is 9.58 Å². The number of nitrogens with zero attached hydrogens (tertiary/aromatic N) is 2. The molecule has 0 aliphatic carbocycles. The maximum absolute atomic E-state index is 11.4. The van der Waals surface area contributed by atoms with Crippen LogP contribution in [0.5, 0.6) is 5.75 Å². The fraction of sp³-hybridized carbons (Fsp3) is 0.167. The Morgan fingerprint density at radius 3 is 2.55 bits per heavy atom. The molecule has 2 rings (SSSR count). The van der Waals surface area contributed by atoms with Gasteiger partial charge in [0.25, 0.3) is 18.1 Å². The van der Waals surface area contributed by atoms with Gasteiger partial charge in [0.05, 0.1) is 0 Å². The molecule has 20 heavy (non-hydrogen) atoms. The van der Waals surface area contributed by atoms with Gasteiger partial charge >= 0.3 is 0 Å². The molecule has 102 valence electrons. The van der Waals surface area contributed by atoms with Crippen molar-refractivity contribution in [3.8, 4) is 5.75 Å². The maximum Gasteiger partial charge on any atom is 0.296 e. The number of phenolic OH excluding ortho intramolecular Hbond substituents is 1. The van der Waals surface area contributed by atoms with E-state index in [1.165, 1.54) is 6.07 Å². The van der Waals surface area contributed by atoms with Crippen molar-refractivity contribution >= 4 is 34.6 Å². The summed E-state index contributed by atoms with van der Waals surface area (Å²) in [5, 5.41) is 17.3. The lowest BCUT2D eigenvalue weighted by Gasteiger charge is -2.09. The second-order valence-corrected chi connectivity index (χ2v) is 5.56. The van der Waals surface area contributed by atoms with Gasteiger partial charge in [-0.1, -0.05) is 25.1 Å². The molecule has 0 saturated heterocycles. The van der Waals surface area contributed by atoms with E-state index in [9.17, 15) is 18.1 Å². The number of aryl methyl sites for hydroxylation is 1. The van der Waals surface area contributed by atoms with Crippen LogP contribution in [0.2, 0.25) is 0 Å². The van der Waals surface area contributed by atoms with E-state index in [4.69, 9.17) is 7.98 Å². The minimum Gasteiger partial charge on any atom is -0.505 e. The molecule has 0 aromatic heterocycles. The van der Waals surface area contributed by atoms with Gasteiger partial charge in [-0.05, 0) is 23.4 Å². The number of hydrogen-bond donors (Lipinski definition) is 2. The normalized spacial score (nSPS) is 12.3. The van der Waals surface area contributed by atoms with Gasteiger partial charge in [-0.15, -0.1) is 0 Å². The zero-order valence-corrected chi connectivity index (χ0v) is 11.4. The summed E-state index contributed by atoms with van der Waals surface area (Å²) in [4.78, 5) is -0.537. The topological polar surface area (TPSA) is 99.3 Å². The Morgan fingerprint density at radius 2 is 2.00 bits per heavy atom. The van der Waals surface area contributed by atoms with E-state index < -0.39 is 20.8 Å². The van der Waals surface area contributed by atoms with Gasteiger partial charge < -0.3 is 5.11 Å². The highest BCUT2D eigenvalue weighted by Crippen LogP contribution is 2.40. The molecule has 0 aliphatic heterocycles. The van der Waals surface area contributed by atoms with Crippen LogP contribution in [0, 0.1) is 0 Å². The standard InChI is InChI=1S/C12H11BN2O4S/c1-2-7-3-4-9-8(5-7)6-10(20(17,18)19)11(12(9)16)14-15-13/h3-6,16H,2H2,1H3,(H,17,18,19). The van der Waals surface area contributed by atoms with Crippen LogP contribution in [-0.2, 0) is 16.5 Å². The van der Waals surface area contributed by atoms with Gasteiger partial charge in [0, 0.05) is 5.39 Å². The van der Waals surface area contributed by atoms with Crippen molar-refractivity contribution in [2.24, 2.45) is 10.1 Å². The van der Waals surface area contributed by atoms with Crippen molar-refractivity contribution in [2.75, 3.05) is 0 Å². The molecular formula is C12H11BN2O4S. The molecule has 0 aliphatic rings. The summed E-state index contributed by atoms with van der Waals surface area (Å²) in [7, 11) is 0.344. The summed E-state index contributed by atoms with van der Waals surface area (Å²) in [6.07, 6.45) is 0.752. The minimum atomic E-state index is -4.56. The van der Waals surface area contributed by atoms with Gasteiger partial charge in [-0.2, -0.15) is 13.5 Å². The first-order valence-corrected chi connectivity index (χ1v) is 7.19. The third-order valence-electron chi connectivity index (χ3n) is 2.96. The number of phenols is 1. The zero-order valence-electron chi connectivity index (χ0n) is 10.6. The number of aromatic hydroxyl groups is 1. The van der Waals surface area contributed by atoms with Crippen LogP contribution in [0.4, 0.5) is 5.69 Å². The van der Waals surface area contributed by atoms with Crippen LogP contribution in [0.1, 0.15) is 12.5 Å². The Hall–Kier alpha value is -1.93. The van der Waals surface area contributed by atoms with Gasteiger partial charge in [0.1, 0.15) is 10.6 Å². The summed E-state index contributed by atoms with van der Waals surface area (Å²) in [5.74, 6) is -0.396. The Bertz CT molecular complexity index is 803. The molecule has 2 aromatic carbocycles. The molecule has 0 atom stereocenters. The van der Waals surface area contributed by atoms with Crippen LogP contribution < -0.4 is 0 Å². The average molecular weight is 290 g/mol. The van der Waals surface area contributed by atoms with E-state index in [2.05, 4.69) is 10.1 Å². The smallest absolute Gasteiger partial charge is 0.296 e. The van der Waals surface area contributed by atoms with Gasteiger partial charge in [-0.25, -0.2) is 0 Å². The molecule has 0 fully saturated rings. The molecule has 2 N–H and O–H groups in total. The van der Waals surface area contributed by atoms with Crippen LogP contribution in [0.15, 0.2) is 39.3 Å². The Morgan fingerprint density at radius 1 is 1.30 bits per heavy atom. The Labute approximate surface area is 117 Å². The van der Waals surface area contributed by atoms with Crippen molar-refractivity contribution in [1.82, 2.24) is 0 Å². The van der Waals surface area contributed by atoms with E-state index in [1.807, 2.05) is 6.92 Å². The van der Waals surface area contributed by atoms with Crippen molar-refractivity contribution < 1.29 is 18.1 Å². The summed E-state index contributed by atoms with van der Waals surface area (Å²) in [6, 6.07) is 6.41. The summed E-state index contributed by atoms with van der Waals surface area (Å²) in [5.41, 5.74) is 0.582. The highest BCUT2D eigenvalue weighted by molar-refractivity contribution is 7.86. The highest BCUT2D eigenvalue weighted by atomic mass is 32.2. The monoisotopic (exact) mass is 290 g/mol. The Kier molecular flexibility index (Phi) is 3.78. The second-order valence-electron chi connectivity index (χ2n) is 4.17. The molecule has 0 saturated carbocycles. The molecule has 8 heteroatoms. The van der Waals surface area contributed by atoms with E-state index in [1.54, 1.807) is 18.2 Å². The molecule has 2 radical (unpaired) electrons. The second kappa shape index (κ2) is 5.22. The van der Waals surface area contributed by atoms with E-state index in [0.717, 1.165) is 12.0 Å². The van der Waals surface area contributed by atoms with Crippen molar-refractivity contribution in [2.45, 2.75) is 18.2 Å². The van der Waals surface area contributed by atoms with Gasteiger partial charge in [0.2, 0.25) is 0 Å². The molecule has 0 spiro atoms. The molecule has 0 heterocycles. The van der Waals surface area contributed by atoms with Crippen molar-refractivity contribution in [3.05, 3.63) is 29.8 Å². The lowest BCUT2D eigenvalue weighted by atomic mass is 10.0. The van der Waals surface area contributed by atoms with Crippen LogP contribution in [0.25, 0.3) is 10.8 Å². The van der Waals surface area contributed by atoms with E-state index >= 15 is 0 Å². The number of rotatable bonds is 3. The molecule has 0 unspecified atom stereocenters. The quantitative estimate of drug-likeness (QED) is 0.515. The summed E-state index contributed by atoms with van der Waals surface area (Å²) in [6.45, 7) is 1.95. The highest BCUT2D eigenvalue weighted by Gasteiger charge is 2.21. The SMILES string of the molecule is [B]N=Nc1c(S(=O)(=O)O)cc2cc(CC)ccc2c1O. The fourth-order valence-corrected chi connectivity index (χ4v) is 2.63. The molecule has 0 amide bonds. The minimum absolute atomic E-state index is 0.383. The fourth-order valence-electron chi connectivity index (χ4n) is 1.97. The molecule has 2 aromatic rings. The third kappa shape index (κ3) is 2.52. The van der Waals surface area contributed by atoms with Gasteiger partial charge in [0.15, 0.2) is 5.75 Å². The lowest BCUT2D eigenvalue weighted by molar-refractivity contribution is 0.472. The number of benzene rings is 2. The zero-order chi connectivity index (χ0) is 14.9. The lowest BCUT2D eigenvalue weighted by Crippen LogP contribution is -1.99.